The Bertz CT molecular complexity index is 1460. The van der Waals surface area contributed by atoms with E-state index in [1.165, 1.54) is 24.9 Å². The quantitative estimate of drug-likeness (QED) is 0.149. The molecule has 236 valence electrons. The number of ether oxygens (including phenoxy) is 2. The second-order valence-corrected chi connectivity index (χ2v) is 13.8. The summed E-state index contributed by atoms with van der Waals surface area (Å²) in [6.45, 7) is 5.69. The van der Waals surface area contributed by atoms with Gasteiger partial charge in [0.1, 0.15) is 23.6 Å². The van der Waals surface area contributed by atoms with E-state index in [1.54, 1.807) is 20.8 Å². The van der Waals surface area contributed by atoms with Gasteiger partial charge in [0.15, 0.2) is 22.5 Å². The summed E-state index contributed by atoms with van der Waals surface area (Å²) in [6.07, 6.45) is -2.28. The standard InChI is InChI=1S/C27H38N5O9PS/c1-17-30-22-20(23(31-17)38-5)28-16-32(22)24-27(4,36)21(34)19(41-24)14-40-42(37,29-13-18-9-7-6-8-10-18)39-11-12-43-25(35)26(2,3)15-33/h6-10,16,19,21,24,33-34,36H,11-15H2,1-5H3,(H,29,37)/t19-,21+,24-,27?,42?/m1/s1. The predicted octanol–water partition coefficient (Wildman–Crippen LogP) is 2.36. The SMILES string of the molecule is COc1nc(C)nc2c1ncn2[C@@H]1O[C@H](COP(=O)(NCc2ccccc2)OCCSC(=O)C(C)(C)CO)[C@H](O)C1(C)O. The van der Waals surface area contributed by atoms with E-state index in [9.17, 15) is 24.7 Å². The van der Waals surface area contributed by atoms with Crippen molar-refractivity contribution in [3.63, 3.8) is 0 Å². The largest absolute Gasteiger partial charge is 0.479 e. The second kappa shape index (κ2) is 13.7. The average Bonchev–Trinajstić information content (AvgIpc) is 3.50. The summed E-state index contributed by atoms with van der Waals surface area (Å²) in [5, 5.41) is 34.3. The van der Waals surface area contributed by atoms with Crippen molar-refractivity contribution in [3.05, 3.63) is 48.0 Å². The van der Waals surface area contributed by atoms with Crippen molar-refractivity contribution in [3.8, 4) is 5.88 Å². The maximum atomic E-state index is 13.8. The predicted molar refractivity (Wildman–Crippen MR) is 158 cm³/mol. The molecule has 1 saturated heterocycles. The number of hydrogen-bond acceptors (Lipinski definition) is 13. The normalized spacial score (nSPS) is 23.9. The first-order chi connectivity index (χ1) is 20.3. The number of carbonyl (C=O) groups is 1. The van der Waals surface area contributed by atoms with Crippen molar-refractivity contribution in [2.75, 3.05) is 32.7 Å². The maximum absolute atomic E-state index is 13.8. The molecule has 0 amide bonds. The highest BCUT2D eigenvalue weighted by atomic mass is 32.2. The zero-order valence-electron chi connectivity index (χ0n) is 24.7. The van der Waals surface area contributed by atoms with Gasteiger partial charge in [0, 0.05) is 12.3 Å². The topological polar surface area (TPSA) is 187 Å². The van der Waals surface area contributed by atoms with E-state index in [2.05, 4.69) is 20.0 Å². The lowest BCUT2D eigenvalue weighted by atomic mass is 9.96. The number of aromatic nitrogens is 4. The zero-order valence-corrected chi connectivity index (χ0v) is 26.4. The van der Waals surface area contributed by atoms with Crippen LogP contribution >= 0.6 is 19.5 Å². The summed E-state index contributed by atoms with van der Waals surface area (Å²) in [5.41, 5.74) is -1.23. The Hall–Kier alpha value is -2.46. The third kappa shape index (κ3) is 7.62. The lowest BCUT2D eigenvalue weighted by molar-refractivity contribution is -0.119. The van der Waals surface area contributed by atoms with E-state index in [0.29, 0.717) is 17.0 Å². The highest BCUT2D eigenvalue weighted by molar-refractivity contribution is 8.13. The van der Waals surface area contributed by atoms with Crippen LogP contribution in [0, 0.1) is 12.3 Å². The fourth-order valence-corrected chi connectivity index (χ4v) is 6.56. The fraction of sp³-hybridized carbons (Fsp3) is 0.556. The van der Waals surface area contributed by atoms with E-state index in [1.807, 2.05) is 30.3 Å². The Kier molecular flexibility index (Phi) is 10.6. The molecule has 2 unspecified atom stereocenters. The highest BCUT2D eigenvalue weighted by Crippen LogP contribution is 2.47. The van der Waals surface area contributed by atoms with Crippen LogP contribution in [0.15, 0.2) is 36.7 Å². The van der Waals surface area contributed by atoms with E-state index in [4.69, 9.17) is 18.5 Å². The Morgan fingerprint density at radius 1 is 1.26 bits per heavy atom. The van der Waals surface area contributed by atoms with E-state index in [0.717, 1.165) is 17.3 Å². The molecule has 0 aliphatic carbocycles. The van der Waals surface area contributed by atoms with Gasteiger partial charge in [-0.3, -0.25) is 18.4 Å². The molecule has 0 bridgehead atoms. The molecular formula is C27H38N5O9PS. The minimum absolute atomic E-state index is 0.104. The molecule has 16 heteroatoms. The highest BCUT2D eigenvalue weighted by Gasteiger charge is 2.54. The molecule has 1 aliphatic heterocycles. The first kappa shape index (κ1) is 33.4. The number of methoxy groups -OCH3 is 1. The van der Waals surface area contributed by atoms with Gasteiger partial charge in [-0.1, -0.05) is 42.1 Å². The van der Waals surface area contributed by atoms with Crippen molar-refractivity contribution < 1.29 is 43.2 Å². The molecular weight excluding hydrogens is 601 g/mol. The van der Waals surface area contributed by atoms with Crippen LogP contribution in [0.2, 0.25) is 0 Å². The summed E-state index contributed by atoms with van der Waals surface area (Å²) in [7, 11) is -2.55. The summed E-state index contributed by atoms with van der Waals surface area (Å²) in [5.74, 6) is 0.827. The number of fused-ring (bicyclic) bond motifs is 1. The molecule has 43 heavy (non-hydrogen) atoms. The number of aliphatic hydroxyl groups is 3. The molecule has 1 fully saturated rings. The van der Waals surface area contributed by atoms with Gasteiger partial charge in [0.2, 0.25) is 5.88 Å². The Morgan fingerprint density at radius 2 is 1.98 bits per heavy atom. The van der Waals surface area contributed by atoms with Crippen LogP contribution in [-0.4, -0.2) is 90.4 Å². The molecule has 1 aromatic carbocycles. The maximum Gasteiger partial charge on any atom is 0.405 e. The Labute approximate surface area is 253 Å². The van der Waals surface area contributed by atoms with E-state index < -0.39 is 43.8 Å². The number of nitrogens with zero attached hydrogens (tertiary/aromatic N) is 4. The van der Waals surface area contributed by atoms with Gasteiger partial charge in [-0.2, -0.15) is 4.98 Å². The zero-order chi connectivity index (χ0) is 31.4. The monoisotopic (exact) mass is 639 g/mol. The molecule has 3 heterocycles. The van der Waals surface area contributed by atoms with Crippen LogP contribution in [0.5, 0.6) is 5.88 Å². The number of carbonyl (C=O) groups excluding carboxylic acids is 1. The number of rotatable bonds is 14. The van der Waals surface area contributed by atoms with E-state index >= 15 is 0 Å². The number of imidazole rings is 1. The molecule has 4 N–H and O–H groups in total. The van der Waals surface area contributed by atoms with Gasteiger partial charge < -0.3 is 24.8 Å². The Morgan fingerprint density at radius 3 is 2.65 bits per heavy atom. The smallest absolute Gasteiger partial charge is 0.405 e. The third-order valence-electron chi connectivity index (χ3n) is 6.96. The lowest BCUT2D eigenvalue weighted by Crippen LogP contribution is -2.44. The van der Waals surface area contributed by atoms with E-state index in [-0.39, 0.29) is 36.5 Å². The first-order valence-electron chi connectivity index (χ1n) is 13.6. The summed E-state index contributed by atoms with van der Waals surface area (Å²) in [4.78, 5) is 25.3. The average molecular weight is 640 g/mol. The molecule has 2 aromatic heterocycles. The first-order valence-corrected chi connectivity index (χ1v) is 16.1. The second-order valence-electron chi connectivity index (χ2n) is 10.9. The van der Waals surface area contributed by atoms with Gasteiger partial charge in [-0.25, -0.2) is 19.6 Å². The van der Waals surface area contributed by atoms with Crippen LogP contribution in [0.1, 0.15) is 38.4 Å². The Balaban J connectivity index is 1.47. The van der Waals surface area contributed by atoms with Gasteiger partial charge in [-0.05, 0) is 33.3 Å². The molecule has 3 aromatic rings. The third-order valence-corrected chi connectivity index (χ3v) is 9.70. The van der Waals surface area contributed by atoms with Crippen molar-refractivity contribution in [1.29, 1.82) is 0 Å². The van der Waals surface area contributed by atoms with Crippen LogP contribution in [0.25, 0.3) is 11.2 Å². The molecule has 0 saturated carbocycles. The number of thioether (sulfide) groups is 1. The van der Waals surface area contributed by atoms with Crippen molar-refractivity contribution in [2.45, 2.75) is 58.3 Å². The van der Waals surface area contributed by atoms with Crippen LogP contribution in [0.4, 0.5) is 0 Å². The van der Waals surface area contributed by atoms with Crippen molar-refractivity contribution in [1.82, 2.24) is 24.6 Å². The van der Waals surface area contributed by atoms with Crippen molar-refractivity contribution in [2.24, 2.45) is 5.41 Å². The number of aryl methyl sites for hydroxylation is 1. The van der Waals surface area contributed by atoms with Crippen LogP contribution in [-0.2, 0) is 29.7 Å². The van der Waals surface area contributed by atoms with Gasteiger partial charge in [0.25, 0.3) is 0 Å². The van der Waals surface area contributed by atoms with Gasteiger partial charge in [0.05, 0.1) is 38.7 Å². The minimum atomic E-state index is -4.00. The summed E-state index contributed by atoms with van der Waals surface area (Å²) in [6, 6.07) is 9.20. The molecule has 5 atom stereocenters. The number of nitrogens with one attached hydrogen (secondary N) is 1. The molecule has 14 nitrogen and oxygen atoms in total. The number of hydrogen-bond donors (Lipinski definition) is 4. The number of benzene rings is 1. The molecule has 0 radical (unpaired) electrons. The molecule has 0 spiro atoms. The molecule has 1 aliphatic rings. The van der Waals surface area contributed by atoms with Gasteiger partial charge >= 0.3 is 7.75 Å². The minimum Gasteiger partial charge on any atom is -0.479 e. The fourth-order valence-electron chi connectivity index (χ4n) is 4.32. The molecule has 4 rings (SSSR count). The van der Waals surface area contributed by atoms with Gasteiger partial charge in [-0.15, -0.1) is 0 Å². The summed E-state index contributed by atoms with van der Waals surface area (Å²) >= 11 is 0.956. The summed E-state index contributed by atoms with van der Waals surface area (Å²) < 4.78 is 37.9. The lowest BCUT2D eigenvalue weighted by Gasteiger charge is -2.27. The van der Waals surface area contributed by atoms with Crippen LogP contribution in [0.3, 0.4) is 0 Å². The van der Waals surface area contributed by atoms with Crippen LogP contribution < -0.4 is 9.82 Å². The number of aliphatic hydroxyl groups excluding tert-OH is 2. The van der Waals surface area contributed by atoms with Crippen molar-refractivity contribution >= 4 is 35.8 Å².